The van der Waals surface area contributed by atoms with Crippen LogP contribution in [0, 0.1) is 5.82 Å². The number of esters is 1. The molecule has 0 unspecified atom stereocenters. The Bertz CT molecular complexity index is 1290. The zero-order valence-corrected chi connectivity index (χ0v) is 17.8. The van der Waals surface area contributed by atoms with Gasteiger partial charge >= 0.3 is 5.97 Å². The lowest BCUT2D eigenvalue weighted by Gasteiger charge is -2.07. The highest BCUT2D eigenvalue weighted by Crippen LogP contribution is 2.34. The van der Waals surface area contributed by atoms with Gasteiger partial charge in [0.1, 0.15) is 29.3 Å². The molecule has 8 nitrogen and oxygen atoms in total. The summed E-state index contributed by atoms with van der Waals surface area (Å²) in [5.74, 6) is -1.41. The van der Waals surface area contributed by atoms with Gasteiger partial charge in [0.25, 0.3) is 0 Å². The van der Waals surface area contributed by atoms with Crippen molar-refractivity contribution in [1.29, 1.82) is 0 Å². The summed E-state index contributed by atoms with van der Waals surface area (Å²) in [5.41, 5.74) is 1.99. The van der Waals surface area contributed by atoms with Gasteiger partial charge in [-0.15, -0.1) is 0 Å². The van der Waals surface area contributed by atoms with E-state index < -0.39 is 11.8 Å². The van der Waals surface area contributed by atoms with Crippen molar-refractivity contribution < 1.29 is 28.9 Å². The standard InChI is InChI=1S/C24H22FN3O5/c1-2-32-24(31)21-20(28-19-6-5-16(12-18(19)25)33-9-8-29)11-14(22(21)30)10-15-13-27-23-17(15)4-3-7-26-23/h3-7,10,12-13,29-30H,2,8-9,11H2,1H3,(H,26,27)/b14-10+,28-20?. The van der Waals surface area contributed by atoms with Gasteiger partial charge in [0.2, 0.25) is 0 Å². The minimum absolute atomic E-state index is 0.0199. The van der Waals surface area contributed by atoms with Crippen LogP contribution in [0.4, 0.5) is 10.1 Å². The number of fused-ring (bicyclic) bond motifs is 1. The Morgan fingerprint density at radius 3 is 2.97 bits per heavy atom. The van der Waals surface area contributed by atoms with E-state index in [2.05, 4.69) is 15.0 Å². The molecular formula is C24H22FN3O5. The van der Waals surface area contributed by atoms with Crippen LogP contribution in [0.15, 0.2) is 64.6 Å². The number of aliphatic imine (C=N–C) groups is 1. The van der Waals surface area contributed by atoms with Crippen LogP contribution in [0.25, 0.3) is 17.1 Å². The fourth-order valence-corrected chi connectivity index (χ4v) is 3.54. The fourth-order valence-electron chi connectivity index (χ4n) is 3.54. The Morgan fingerprint density at radius 1 is 1.36 bits per heavy atom. The molecule has 0 spiro atoms. The van der Waals surface area contributed by atoms with Gasteiger partial charge in [-0.25, -0.2) is 19.2 Å². The second-order valence-corrected chi connectivity index (χ2v) is 7.18. The van der Waals surface area contributed by atoms with Gasteiger partial charge in [-0.2, -0.15) is 0 Å². The molecule has 2 aromatic heterocycles. The number of ether oxygens (including phenoxy) is 2. The lowest BCUT2D eigenvalue weighted by Crippen LogP contribution is -2.14. The summed E-state index contributed by atoms with van der Waals surface area (Å²) in [6, 6.07) is 7.75. The summed E-state index contributed by atoms with van der Waals surface area (Å²) in [6.07, 6.45) is 5.26. The van der Waals surface area contributed by atoms with E-state index in [1.807, 2.05) is 6.07 Å². The van der Waals surface area contributed by atoms with Crippen LogP contribution in [0.5, 0.6) is 5.75 Å². The molecule has 3 N–H and O–H groups in total. The molecule has 1 aliphatic rings. The second-order valence-electron chi connectivity index (χ2n) is 7.18. The molecule has 0 amide bonds. The molecule has 0 radical (unpaired) electrons. The molecule has 0 atom stereocenters. The van der Waals surface area contributed by atoms with E-state index in [4.69, 9.17) is 14.6 Å². The molecule has 33 heavy (non-hydrogen) atoms. The predicted molar refractivity (Wildman–Crippen MR) is 121 cm³/mol. The maximum absolute atomic E-state index is 14.6. The third kappa shape index (κ3) is 4.63. The fraction of sp³-hybridized carbons (Fsp3) is 0.208. The number of hydrogen-bond donors (Lipinski definition) is 3. The van der Waals surface area contributed by atoms with Gasteiger partial charge in [0.15, 0.2) is 5.82 Å². The van der Waals surface area contributed by atoms with Crippen molar-refractivity contribution in [2.75, 3.05) is 19.8 Å². The molecule has 2 heterocycles. The number of aliphatic hydroxyl groups is 2. The summed E-state index contributed by atoms with van der Waals surface area (Å²) >= 11 is 0. The smallest absolute Gasteiger partial charge is 0.343 e. The second kappa shape index (κ2) is 9.66. The van der Waals surface area contributed by atoms with Crippen molar-refractivity contribution in [3.05, 3.63) is 71.0 Å². The average molecular weight is 451 g/mol. The molecule has 0 bridgehead atoms. The Balaban J connectivity index is 1.73. The lowest BCUT2D eigenvalue weighted by molar-refractivity contribution is -0.138. The molecule has 0 aliphatic heterocycles. The summed E-state index contributed by atoms with van der Waals surface area (Å²) in [7, 11) is 0. The first-order valence-corrected chi connectivity index (χ1v) is 10.4. The number of nitrogens with zero attached hydrogens (tertiary/aromatic N) is 2. The Hall–Kier alpha value is -3.98. The van der Waals surface area contributed by atoms with E-state index in [1.54, 1.807) is 31.5 Å². The van der Waals surface area contributed by atoms with Crippen LogP contribution in [0.3, 0.4) is 0 Å². The maximum atomic E-state index is 14.6. The number of aromatic amines is 1. The number of halogens is 1. The van der Waals surface area contributed by atoms with E-state index in [9.17, 15) is 14.3 Å². The lowest BCUT2D eigenvalue weighted by atomic mass is 10.1. The van der Waals surface area contributed by atoms with Crippen molar-refractivity contribution in [2.45, 2.75) is 13.3 Å². The van der Waals surface area contributed by atoms with Crippen molar-refractivity contribution in [3.63, 3.8) is 0 Å². The first kappa shape index (κ1) is 22.2. The van der Waals surface area contributed by atoms with Crippen molar-refractivity contribution in [3.8, 4) is 5.75 Å². The first-order valence-electron chi connectivity index (χ1n) is 10.4. The molecule has 0 fully saturated rings. The molecule has 4 rings (SSSR count). The van der Waals surface area contributed by atoms with Crippen LogP contribution in [0.1, 0.15) is 18.9 Å². The highest BCUT2D eigenvalue weighted by atomic mass is 19.1. The molecule has 1 aliphatic carbocycles. The summed E-state index contributed by atoms with van der Waals surface area (Å²) in [6.45, 7) is 1.61. The van der Waals surface area contributed by atoms with Crippen molar-refractivity contribution in [2.24, 2.45) is 4.99 Å². The van der Waals surface area contributed by atoms with E-state index in [-0.39, 0.29) is 54.7 Å². The number of aromatic nitrogens is 2. The number of benzene rings is 1. The van der Waals surface area contributed by atoms with Gasteiger partial charge in [0.05, 0.1) is 24.6 Å². The van der Waals surface area contributed by atoms with Gasteiger partial charge in [-0.1, -0.05) is 0 Å². The molecule has 0 saturated heterocycles. The van der Waals surface area contributed by atoms with Crippen LogP contribution in [-0.4, -0.2) is 51.7 Å². The third-order valence-corrected chi connectivity index (χ3v) is 5.01. The van der Waals surface area contributed by atoms with Gasteiger partial charge in [-0.05, 0) is 37.3 Å². The number of rotatable bonds is 7. The van der Waals surface area contributed by atoms with Crippen molar-refractivity contribution >= 4 is 34.5 Å². The Labute approximate surface area is 188 Å². The molecule has 9 heteroatoms. The van der Waals surface area contributed by atoms with Crippen LogP contribution >= 0.6 is 0 Å². The van der Waals surface area contributed by atoms with Gasteiger partial charge < -0.3 is 24.7 Å². The Kier molecular flexibility index (Phi) is 6.50. The summed E-state index contributed by atoms with van der Waals surface area (Å²) < 4.78 is 24.9. The van der Waals surface area contributed by atoms with E-state index >= 15 is 0 Å². The SMILES string of the molecule is CCOC(=O)C1=C(O)/C(=C/c2c[nH]c3ncccc23)CC1=Nc1ccc(OCCO)cc1F. The number of H-pyrrole nitrogens is 1. The topological polar surface area (TPSA) is 117 Å². The minimum atomic E-state index is -0.735. The molecule has 0 saturated carbocycles. The molecular weight excluding hydrogens is 429 g/mol. The normalized spacial score (nSPS) is 16.2. The zero-order valence-electron chi connectivity index (χ0n) is 17.8. The number of carbonyl (C=O) groups is 1. The number of carbonyl (C=O) groups excluding carboxylic acids is 1. The van der Waals surface area contributed by atoms with Crippen LogP contribution in [-0.2, 0) is 9.53 Å². The summed E-state index contributed by atoms with van der Waals surface area (Å²) in [4.78, 5) is 24.2. The number of pyridine rings is 1. The van der Waals surface area contributed by atoms with E-state index in [1.165, 1.54) is 12.1 Å². The van der Waals surface area contributed by atoms with E-state index in [0.717, 1.165) is 17.0 Å². The summed E-state index contributed by atoms with van der Waals surface area (Å²) in [5, 5.41) is 20.5. The van der Waals surface area contributed by atoms with Gasteiger partial charge in [0, 0.05) is 41.4 Å². The number of allylic oxidation sites excluding steroid dienone is 1. The molecule has 1 aromatic carbocycles. The number of hydrogen-bond acceptors (Lipinski definition) is 7. The average Bonchev–Trinajstić information content (AvgIpc) is 3.35. The minimum Gasteiger partial charge on any atom is -0.507 e. The quantitative estimate of drug-likeness (QED) is 0.468. The number of nitrogens with one attached hydrogen (secondary N) is 1. The van der Waals surface area contributed by atoms with E-state index in [0.29, 0.717) is 11.2 Å². The molecule has 3 aromatic rings. The third-order valence-electron chi connectivity index (χ3n) is 5.01. The van der Waals surface area contributed by atoms with Crippen LogP contribution in [0.2, 0.25) is 0 Å². The number of aliphatic hydroxyl groups excluding tert-OH is 2. The monoisotopic (exact) mass is 451 g/mol. The predicted octanol–water partition coefficient (Wildman–Crippen LogP) is 4.01. The Morgan fingerprint density at radius 2 is 2.21 bits per heavy atom. The zero-order chi connectivity index (χ0) is 23.4. The van der Waals surface area contributed by atoms with Crippen LogP contribution < -0.4 is 4.74 Å². The highest BCUT2D eigenvalue weighted by Gasteiger charge is 2.32. The molecule has 170 valence electrons. The van der Waals surface area contributed by atoms with Gasteiger partial charge in [-0.3, -0.25) is 0 Å². The van der Waals surface area contributed by atoms with Crippen molar-refractivity contribution in [1.82, 2.24) is 9.97 Å². The largest absolute Gasteiger partial charge is 0.507 e. The first-order chi connectivity index (χ1) is 16.0. The highest BCUT2D eigenvalue weighted by molar-refractivity contribution is 6.24. The maximum Gasteiger partial charge on any atom is 0.343 e.